The lowest BCUT2D eigenvalue weighted by molar-refractivity contribution is 0.0733. The Balaban J connectivity index is 1.75. The predicted octanol–water partition coefficient (Wildman–Crippen LogP) is 3.24. The standard InChI is InChI=1S/C17H16O4/c1-2-12-3-6-14(7-4-12)21-17(18)13-5-8-15-16(11-13)20-10-9-19-15/h3-8,11H,2,9-10H2,1H3. The molecule has 0 bridgehead atoms. The molecule has 0 unspecified atom stereocenters. The highest BCUT2D eigenvalue weighted by atomic mass is 16.6. The molecule has 2 aromatic rings. The number of carbonyl (C=O) groups excluding carboxylic acids is 1. The number of aryl methyl sites for hydroxylation is 1. The Morgan fingerprint density at radius 1 is 1.05 bits per heavy atom. The van der Waals surface area contributed by atoms with Crippen LogP contribution in [0.25, 0.3) is 0 Å². The van der Waals surface area contributed by atoms with E-state index in [0.717, 1.165) is 6.42 Å². The zero-order chi connectivity index (χ0) is 14.7. The molecule has 0 saturated carbocycles. The van der Waals surface area contributed by atoms with Crippen molar-refractivity contribution in [2.75, 3.05) is 13.2 Å². The lowest BCUT2D eigenvalue weighted by atomic mass is 10.1. The second-order valence-electron chi connectivity index (χ2n) is 4.75. The summed E-state index contributed by atoms with van der Waals surface area (Å²) in [6, 6.07) is 12.6. The van der Waals surface area contributed by atoms with Crippen LogP contribution in [0.2, 0.25) is 0 Å². The number of esters is 1. The highest BCUT2D eigenvalue weighted by Gasteiger charge is 2.16. The molecule has 0 saturated heterocycles. The first-order valence-electron chi connectivity index (χ1n) is 6.97. The maximum Gasteiger partial charge on any atom is 0.343 e. The van der Waals surface area contributed by atoms with Gasteiger partial charge >= 0.3 is 5.97 Å². The van der Waals surface area contributed by atoms with Gasteiger partial charge in [0.05, 0.1) is 5.56 Å². The maximum absolute atomic E-state index is 12.1. The van der Waals surface area contributed by atoms with Crippen LogP contribution in [0, 0.1) is 0 Å². The number of rotatable bonds is 3. The maximum atomic E-state index is 12.1. The topological polar surface area (TPSA) is 44.8 Å². The Morgan fingerprint density at radius 2 is 1.76 bits per heavy atom. The van der Waals surface area contributed by atoms with Crippen LogP contribution in [0.15, 0.2) is 42.5 Å². The Morgan fingerprint density at radius 3 is 2.48 bits per heavy atom. The number of ether oxygens (including phenoxy) is 3. The molecule has 108 valence electrons. The first-order valence-corrected chi connectivity index (χ1v) is 6.97. The van der Waals surface area contributed by atoms with Crippen molar-refractivity contribution >= 4 is 5.97 Å². The Labute approximate surface area is 123 Å². The van der Waals surface area contributed by atoms with E-state index in [4.69, 9.17) is 14.2 Å². The van der Waals surface area contributed by atoms with Gasteiger partial charge in [-0.2, -0.15) is 0 Å². The Hall–Kier alpha value is -2.49. The molecular weight excluding hydrogens is 268 g/mol. The quantitative estimate of drug-likeness (QED) is 0.641. The smallest absolute Gasteiger partial charge is 0.343 e. The van der Waals surface area contributed by atoms with Gasteiger partial charge in [-0.25, -0.2) is 4.79 Å². The monoisotopic (exact) mass is 284 g/mol. The van der Waals surface area contributed by atoms with Crippen LogP contribution in [0.5, 0.6) is 17.2 Å². The van der Waals surface area contributed by atoms with E-state index in [0.29, 0.717) is 36.0 Å². The first kappa shape index (κ1) is 13.5. The number of hydrogen-bond acceptors (Lipinski definition) is 4. The highest BCUT2D eigenvalue weighted by Crippen LogP contribution is 2.31. The van der Waals surface area contributed by atoms with Crippen LogP contribution in [-0.2, 0) is 6.42 Å². The van der Waals surface area contributed by atoms with E-state index >= 15 is 0 Å². The zero-order valence-corrected chi connectivity index (χ0v) is 11.8. The summed E-state index contributed by atoms with van der Waals surface area (Å²) in [6.07, 6.45) is 0.955. The van der Waals surface area contributed by atoms with Gasteiger partial charge in [0, 0.05) is 0 Å². The van der Waals surface area contributed by atoms with Crippen LogP contribution in [0.4, 0.5) is 0 Å². The molecule has 4 nitrogen and oxygen atoms in total. The molecule has 0 fully saturated rings. The molecule has 3 rings (SSSR count). The lowest BCUT2D eigenvalue weighted by Gasteiger charge is -2.18. The summed E-state index contributed by atoms with van der Waals surface area (Å²) in [6.45, 7) is 3.10. The fourth-order valence-corrected chi connectivity index (χ4v) is 2.13. The van der Waals surface area contributed by atoms with Crippen molar-refractivity contribution in [3.8, 4) is 17.2 Å². The van der Waals surface area contributed by atoms with Crippen molar-refractivity contribution in [1.29, 1.82) is 0 Å². The third kappa shape index (κ3) is 2.99. The van der Waals surface area contributed by atoms with Gasteiger partial charge in [-0.15, -0.1) is 0 Å². The summed E-state index contributed by atoms with van der Waals surface area (Å²) in [5.41, 5.74) is 1.65. The molecule has 0 N–H and O–H groups in total. The van der Waals surface area contributed by atoms with Crippen molar-refractivity contribution in [2.45, 2.75) is 13.3 Å². The largest absolute Gasteiger partial charge is 0.486 e. The predicted molar refractivity (Wildman–Crippen MR) is 78.2 cm³/mol. The Kier molecular flexibility index (Phi) is 3.77. The number of hydrogen-bond donors (Lipinski definition) is 0. The second kappa shape index (κ2) is 5.87. The van der Waals surface area contributed by atoms with Crippen LogP contribution < -0.4 is 14.2 Å². The third-order valence-electron chi connectivity index (χ3n) is 3.32. The minimum atomic E-state index is -0.406. The third-order valence-corrected chi connectivity index (χ3v) is 3.32. The minimum absolute atomic E-state index is 0.406. The summed E-state index contributed by atoms with van der Waals surface area (Å²) >= 11 is 0. The van der Waals surface area contributed by atoms with Gasteiger partial charge in [-0.3, -0.25) is 0 Å². The van der Waals surface area contributed by atoms with E-state index in [1.165, 1.54) is 5.56 Å². The van der Waals surface area contributed by atoms with Crippen molar-refractivity contribution in [1.82, 2.24) is 0 Å². The van der Waals surface area contributed by atoms with E-state index in [-0.39, 0.29) is 0 Å². The summed E-state index contributed by atoms with van der Waals surface area (Å²) in [4.78, 5) is 12.1. The number of fused-ring (bicyclic) bond motifs is 1. The van der Waals surface area contributed by atoms with E-state index in [2.05, 4.69) is 6.92 Å². The molecule has 0 amide bonds. The molecule has 0 atom stereocenters. The first-order chi connectivity index (χ1) is 10.3. The fraction of sp³-hybridized carbons (Fsp3) is 0.235. The van der Waals surface area contributed by atoms with E-state index < -0.39 is 5.97 Å². The number of benzene rings is 2. The lowest BCUT2D eigenvalue weighted by Crippen LogP contribution is -2.16. The summed E-state index contributed by atoms with van der Waals surface area (Å²) in [5.74, 6) is 1.37. The number of carbonyl (C=O) groups is 1. The van der Waals surface area contributed by atoms with Crippen molar-refractivity contribution in [2.24, 2.45) is 0 Å². The molecule has 0 aliphatic carbocycles. The van der Waals surface area contributed by atoms with Crippen LogP contribution in [-0.4, -0.2) is 19.2 Å². The van der Waals surface area contributed by atoms with Gasteiger partial charge in [0.1, 0.15) is 19.0 Å². The van der Waals surface area contributed by atoms with Gasteiger partial charge < -0.3 is 14.2 Å². The van der Waals surface area contributed by atoms with E-state index in [9.17, 15) is 4.79 Å². The molecule has 0 radical (unpaired) electrons. The highest BCUT2D eigenvalue weighted by molar-refractivity contribution is 5.91. The molecule has 0 spiro atoms. The average Bonchev–Trinajstić information content (AvgIpc) is 2.55. The summed E-state index contributed by atoms with van der Waals surface area (Å²) < 4.78 is 16.2. The molecular formula is C17H16O4. The summed E-state index contributed by atoms with van der Waals surface area (Å²) in [7, 11) is 0. The normalized spacial score (nSPS) is 12.8. The van der Waals surface area contributed by atoms with Gasteiger partial charge in [-0.05, 0) is 42.3 Å². The van der Waals surface area contributed by atoms with Crippen molar-refractivity contribution in [3.05, 3.63) is 53.6 Å². The van der Waals surface area contributed by atoms with Crippen molar-refractivity contribution in [3.63, 3.8) is 0 Å². The molecule has 1 aliphatic rings. The molecule has 0 aromatic heterocycles. The SMILES string of the molecule is CCc1ccc(OC(=O)c2ccc3c(c2)OCCO3)cc1. The van der Waals surface area contributed by atoms with Crippen LogP contribution in [0.3, 0.4) is 0 Å². The molecule has 1 heterocycles. The molecule has 1 aliphatic heterocycles. The molecule has 2 aromatic carbocycles. The second-order valence-corrected chi connectivity index (χ2v) is 4.75. The van der Waals surface area contributed by atoms with Gasteiger partial charge in [0.2, 0.25) is 0 Å². The van der Waals surface area contributed by atoms with Crippen molar-refractivity contribution < 1.29 is 19.0 Å². The van der Waals surface area contributed by atoms with Gasteiger partial charge in [0.25, 0.3) is 0 Å². The Bertz CT molecular complexity index is 646. The van der Waals surface area contributed by atoms with E-state index in [1.54, 1.807) is 30.3 Å². The summed E-state index contributed by atoms with van der Waals surface area (Å²) in [5, 5.41) is 0. The molecule has 21 heavy (non-hydrogen) atoms. The van der Waals surface area contributed by atoms with E-state index in [1.807, 2.05) is 12.1 Å². The molecule has 4 heteroatoms. The van der Waals surface area contributed by atoms with Crippen LogP contribution >= 0.6 is 0 Å². The van der Waals surface area contributed by atoms with Crippen LogP contribution in [0.1, 0.15) is 22.8 Å². The average molecular weight is 284 g/mol. The van der Waals surface area contributed by atoms with Gasteiger partial charge in [-0.1, -0.05) is 19.1 Å². The zero-order valence-electron chi connectivity index (χ0n) is 11.8. The minimum Gasteiger partial charge on any atom is -0.486 e. The van der Waals surface area contributed by atoms with Gasteiger partial charge in [0.15, 0.2) is 11.5 Å². The fourth-order valence-electron chi connectivity index (χ4n) is 2.13.